The summed E-state index contributed by atoms with van der Waals surface area (Å²) >= 11 is 0. The van der Waals surface area contributed by atoms with E-state index in [2.05, 4.69) is 19.2 Å². The maximum atomic E-state index is 12.6. The van der Waals surface area contributed by atoms with Gasteiger partial charge in [0, 0.05) is 12.0 Å². The van der Waals surface area contributed by atoms with Crippen LogP contribution in [-0.2, 0) is 4.79 Å². The number of anilines is 2. The Morgan fingerprint density at radius 1 is 1.33 bits per heavy atom. The first-order valence-corrected chi connectivity index (χ1v) is 7.77. The Morgan fingerprint density at radius 3 is 2.67 bits per heavy atom. The van der Waals surface area contributed by atoms with E-state index >= 15 is 0 Å². The summed E-state index contributed by atoms with van der Waals surface area (Å²) in [4.78, 5) is 12.6. The van der Waals surface area contributed by atoms with Gasteiger partial charge in [0.25, 0.3) is 0 Å². The molecule has 116 valence electrons. The molecule has 0 heterocycles. The zero-order chi connectivity index (χ0) is 15.4. The molecule has 0 unspecified atom stereocenters. The number of nitrogen functional groups attached to an aromatic ring is 1. The molecule has 4 nitrogen and oxygen atoms in total. The second-order valence-corrected chi connectivity index (χ2v) is 6.24. The third-order valence-electron chi connectivity index (χ3n) is 4.53. The Kier molecular flexibility index (Phi) is 5.10. The van der Waals surface area contributed by atoms with Gasteiger partial charge in [0.2, 0.25) is 5.91 Å². The van der Waals surface area contributed by atoms with Gasteiger partial charge in [-0.2, -0.15) is 0 Å². The first-order valence-electron chi connectivity index (χ1n) is 7.77. The van der Waals surface area contributed by atoms with Gasteiger partial charge in [0.15, 0.2) is 0 Å². The number of rotatable bonds is 4. The van der Waals surface area contributed by atoms with Crippen molar-refractivity contribution in [3.8, 4) is 5.75 Å². The minimum Gasteiger partial charge on any atom is -0.497 e. The zero-order valence-electron chi connectivity index (χ0n) is 13.2. The third-order valence-corrected chi connectivity index (χ3v) is 4.53. The molecular weight excluding hydrogens is 264 g/mol. The normalized spacial score (nSPS) is 22.1. The van der Waals surface area contributed by atoms with Crippen LogP contribution in [0.3, 0.4) is 0 Å². The molecule has 0 bridgehead atoms. The summed E-state index contributed by atoms with van der Waals surface area (Å²) in [5.41, 5.74) is 7.19. The van der Waals surface area contributed by atoms with Crippen LogP contribution >= 0.6 is 0 Å². The average Bonchev–Trinajstić information content (AvgIpc) is 2.49. The van der Waals surface area contributed by atoms with Gasteiger partial charge in [-0.3, -0.25) is 4.79 Å². The first kappa shape index (κ1) is 15.7. The van der Waals surface area contributed by atoms with Crippen molar-refractivity contribution in [1.82, 2.24) is 0 Å². The minimum absolute atomic E-state index is 0.0975. The number of hydrogen-bond donors (Lipinski definition) is 2. The highest BCUT2D eigenvalue weighted by atomic mass is 16.5. The number of amides is 1. The topological polar surface area (TPSA) is 64.3 Å². The Morgan fingerprint density at radius 2 is 2.05 bits per heavy atom. The van der Waals surface area contributed by atoms with Gasteiger partial charge in [-0.05, 0) is 36.8 Å². The van der Waals surface area contributed by atoms with Gasteiger partial charge in [-0.25, -0.2) is 0 Å². The molecule has 1 aromatic carbocycles. The SMILES string of the molecule is COc1ccc(NC(=O)[C@@H]2CCCC[C@H]2C(C)C)c(N)c1. The number of nitrogens with two attached hydrogens (primary N) is 1. The number of methoxy groups -OCH3 is 1. The molecule has 1 aliphatic carbocycles. The van der Waals surface area contributed by atoms with Crippen molar-refractivity contribution in [2.75, 3.05) is 18.2 Å². The molecule has 2 atom stereocenters. The summed E-state index contributed by atoms with van der Waals surface area (Å²) < 4.78 is 5.13. The molecule has 0 radical (unpaired) electrons. The maximum Gasteiger partial charge on any atom is 0.227 e. The predicted molar refractivity (Wildman–Crippen MR) is 86.3 cm³/mol. The smallest absolute Gasteiger partial charge is 0.227 e. The third kappa shape index (κ3) is 3.69. The lowest BCUT2D eigenvalue weighted by Crippen LogP contribution is -2.34. The van der Waals surface area contributed by atoms with E-state index in [1.165, 1.54) is 6.42 Å². The van der Waals surface area contributed by atoms with Crippen molar-refractivity contribution in [2.24, 2.45) is 17.8 Å². The standard InChI is InChI=1S/C17H26N2O2/c1-11(2)13-6-4-5-7-14(13)17(20)19-16-9-8-12(21-3)10-15(16)18/h8-11,13-14H,4-7,18H2,1-3H3,(H,19,20)/t13-,14+/m0/s1. The quantitative estimate of drug-likeness (QED) is 0.831. The van der Waals surface area contributed by atoms with Gasteiger partial charge in [0.05, 0.1) is 18.5 Å². The van der Waals surface area contributed by atoms with E-state index in [9.17, 15) is 4.79 Å². The van der Waals surface area contributed by atoms with Crippen LogP contribution < -0.4 is 15.8 Å². The molecule has 0 spiro atoms. The number of hydrogen-bond acceptors (Lipinski definition) is 3. The van der Waals surface area contributed by atoms with Crippen molar-refractivity contribution >= 4 is 17.3 Å². The van der Waals surface area contributed by atoms with Gasteiger partial charge in [-0.15, -0.1) is 0 Å². The van der Waals surface area contributed by atoms with Crippen molar-refractivity contribution in [3.63, 3.8) is 0 Å². The Bertz CT molecular complexity index is 500. The molecule has 1 aromatic rings. The summed E-state index contributed by atoms with van der Waals surface area (Å²) in [6.07, 6.45) is 4.50. The molecule has 1 saturated carbocycles. The summed E-state index contributed by atoms with van der Waals surface area (Å²) in [5.74, 6) is 1.90. The fourth-order valence-corrected chi connectivity index (χ4v) is 3.29. The largest absolute Gasteiger partial charge is 0.497 e. The monoisotopic (exact) mass is 290 g/mol. The van der Waals surface area contributed by atoms with E-state index in [1.807, 2.05) is 6.07 Å². The molecule has 1 amide bonds. The van der Waals surface area contributed by atoms with E-state index in [-0.39, 0.29) is 11.8 Å². The fraction of sp³-hybridized carbons (Fsp3) is 0.588. The first-order chi connectivity index (χ1) is 10.0. The lowest BCUT2D eigenvalue weighted by atomic mass is 9.73. The van der Waals surface area contributed by atoms with Crippen molar-refractivity contribution < 1.29 is 9.53 Å². The van der Waals surface area contributed by atoms with Gasteiger partial charge >= 0.3 is 0 Å². The number of ether oxygens (including phenoxy) is 1. The van der Waals surface area contributed by atoms with Crippen molar-refractivity contribution in [3.05, 3.63) is 18.2 Å². The molecule has 3 N–H and O–H groups in total. The Hall–Kier alpha value is -1.71. The second kappa shape index (κ2) is 6.83. The van der Waals surface area contributed by atoms with Crippen LogP contribution in [0.25, 0.3) is 0 Å². The van der Waals surface area contributed by atoms with Crippen LogP contribution in [0.15, 0.2) is 18.2 Å². The molecule has 21 heavy (non-hydrogen) atoms. The maximum absolute atomic E-state index is 12.6. The van der Waals surface area contributed by atoms with Gasteiger partial charge in [-0.1, -0.05) is 26.7 Å². The fourth-order valence-electron chi connectivity index (χ4n) is 3.29. The zero-order valence-corrected chi connectivity index (χ0v) is 13.2. The molecule has 1 aliphatic rings. The minimum atomic E-state index is 0.0975. The van der Waals surface area contributed by atoms with Crippen LogP contribution in [0.2, 0.25) is 0 Å². The summed E-state index contributed by atoms with van der Waals surface area (Å²) in [6.45, 7) is 4.41. The van der Waals surface area contributed by atoms with Crippen LogP contribution in [0.4, 0.5) is 11.4 Å². The van der Waals surface area contributed by atoms with Gasteiger partial charge < -0.3 is 15.8 Å². The highest BCUT2D eigenvalue weighted by Gasteiger charge is 2.32. The Balaban J connectivity index is 2.09. The van der Waals surface area contributed by atoms with Crippen LogP contribution in [0.1, 0.15) is 39.5 Å². The predicted octanol–water partition coefficient (Wildman–Crippen LogP) is 3.68. The highest BCUT2D eigenvalue weighted by molar-refractivity contribution is 5.95. The molecule has 0 aromatic heterocycles. The molecule has 0 saturated heterocycles. The van der Waals surface area contributed by atoms with Crippen LogP contribution in [-0.4, -0.2) is 13.0 Å². The highest BCUT2D eigenvalue weighted by Crippen LogP contribution is 2.36. The summed E-state index contributed by atoms with van der Waals surface area (Å²) in [7, 11) is 1.60. The number of carbonyl (C=O) groups excluding carboxylic acids is 1. The van der Waals surface area contributed by atoms with Crippen molar-refractivity contribution in [2.45, 2.75) is 39.5 Å². The lowest BCUT2D eigenvalue weighted by Gasteiger charge is -2.33. The summed E-state index contributed by atoms with van der Waals surface area (Å²) in [5, 5.41) is 3.00. The van der Waals surface area contributed by atoms with E-state index in [0.717, 1.165) is 19.3 Å². The van der Waals surface area contributed by atoms with Crippen molar-refractivity contribution in [1.29, 1.82) is 0 Å². The molecular formula is C17H26N2O2. The van der Waals surface area contributed by atoms with E-state index in [0.29, 0.717) is 29.0 Å². The van der Waals surface area contributed by atoms with E-state index < -0.39 is 0 Å². The average molecular weight is 290 g/mol. The van der Waals surface area contributed by atoms with E-state index in [1.54, 1.807) is 19.2 Å². The molecule has 2 rings (SSSR count). The Labute approximate surface area is 127 Å². The van der Waals surface area contributed by atoms with E-state index in [4.69, 9.17) is 10.5 Å². The van der Waals surface area contributed by atoms with Crippen LogP contribution in [0, 0.1) is 17.8 Å². The second-order valence-electron chi connectivity index (χ2n) is 6.24. The summed E-state index contributed by atoms with van der Waals surface area (Å²) in [6, 6.07) is 5.35. The lowest BCUT2D eigenvalue weighted by molar-refractivity contribution is -0.123. The molecule has 1 fully saturated rings. The van der Waals surface area contributed by atoms with Crippen LogP contribution in [0.5, 0.6) is 5.75 Å². The number of nitrogens with one attached hydrogen (secondary N) is 1. The number of benzene rings is 1. The molecule has 4 heteroatoms. The van der Waals surface area contributed by atoms with Gasteiger partial charge in [0.1, 0.15) is 5.75 Å². The number of carbonyl (C=O) groups is 1. The molecule has 0 aliphatic heterocycles.